The number of hydrogen-bond donors (Lipinski definition) is 1. The van der Waals surface area contributed by atoms with E-state index in [1.165, 1.54) is 11.6 Å². The first-order valence-electron chi connectivity index (χ1n) is 8.62. The van der Waals surface area contributed by atoms with Crippen molar-refractivity contribution in [1.29, 1.82) is 0 Å². The van der Waals surface area contributed by atoms with Gasteiger partial charge in [-0.2, -0.15) is 0 Å². The fourth-order valence-electron chi connectivity index (χ4n) is 3.47. The second-order valence-electron chi connectivity index (χ2n) is 6.89. The number of benzene rings is 1. The number of rotatable bonds is 5. The lowest BCUT2D eigenvalue weighted by Gasteiger charge is -2.33. The maximum Gasteiger partial charge on any atom is 0.295 e. The molecule has 25 heavy (non-hydrogen) atoms. The van der Waals surface area contributed by atoms with Crippen molar-refractivity contribution in [3.63, 3.8) is 0 Å². The molecular formula is C19H24N4O2. The summed E-state index contributed by atoms with van der Waals surface area (Å²) in [6, 6.07) is 7.47. The van der Waals surface area contributed by atoms with E-state index in [4.69, 9.17) is 0 Å². The van der Waals surface area contributed by atoms with E-state index in [-0.39, 0.29) is 10.6 Å². The van der Waals surface area contributed by atoms with E-state index in [1.54, 1.807) is 6.07 Å². The van der Waals surface area contributed by atoms with Crippen LogP contribution in [0.25, 0.3) is 10.9 Å². The van der Waals surface area contributed by atoms with Gasteiger partial charge in [-0.05, 0) is 32.8 Å². The number of anilines is 1. The molecular weight excluding hydrogens is 316 g/mol. The molecule has 6 heteroatoms. The number of hydrogen-bond acceptors (Lipinski definition) is 5. The summed E-state index contributed by atoms with van der Waals surface area (Å²) in [6.07, 6.45) is 2.09. The minimum Gasteiger partial charge on any atom is -0.382 e. The van der Waals surface area contributed by atoms with Gasteiger partial charge in [0.25, 0.3) is 5.69 Å². The van der Waals surface area contributed by atoms with Gasteiger partial charge >= 0.3 is 0 Å². The number of non-ortho nitro benzene ring substituents is 1. The summed E-state index contributed by atoms with van der Waals surface area (Å²) < 4.78 is 0. The molecule has 2 heterocycles. The molecule has 0 spiro atoms. The van der Waals surface area contributed by atoms with Crippen molar-refractivity contribution in [3.05, 3.63) is 52.2 Å². The molecule has 0 amide bonds. The molecule has 3 rings (SSSR count). The first-order valence-corrected chi connectivity index (χ1v) is 8.62. The molecule has 0 bridgehead atoms. The lowest BCUT2D eigenvalue weighted by molar-refractivity contribution is -0.383. The van der Waals surface area contributed by atoms with Crippen LogP contribution in [0.3, 0.4) is 0 Å². The quantitative estimate of drug-likeness (QED) is 0.508. The Morgan fingerprint density at radius 3 is 2.80 bits per heavy atom. The Labute approximate surface area is 147 Å². The zero-order valence-corrected chi connectivity index (χ0v) is 14.8. The Kier molecular flexibility index (Phi) is 4.99. The molecule has 6 nitrogen and oxygen atoms in total. The number of nitrogens with zero attached hydrogens (tertiary/aromatic N) is 3. The predicted octanol–water partition coefficient (Wildman–Crippen LogP) is 3.90. The van der Waals surface area contributed by atoms with Crippen LogP contribution >= 0.6 is 0 Å². The van der Waals surface area contributed by atoms with Crippen LogP contribution in [0, 0.1) is 17.0 Å². The number of pyridine rings is 1. The summed E-state index contributed by atoms with van der Waals surface area (Å²) >= 11 is 0. The molecule has 2 aromatic rings. The van der Waals surface area contributed by atoms with E-state index < -0.39 is 0 Å². The fourth-order valence-corrected chi connectivity index (χ4v) is 3.47. The molecule has 1 N–H and O–H groups in total. The topological polar surface area (TPSA) is 71.3 Å². The van der Waals surface area contributed by atoms with Crippen LogP contribution in [0.4, 0.5) is 11.4 Å². The number of nitro groups is 1. The molecule has 1 aromatic carbocycles. The summed E-state index contributed by atoms with van der Waals surface area (Å²) in [4.78, 5) is 17.7. The summed E-state index contributed by atoms with van der Waals surface area (Å²) in [5.74, 6) is 0. The van der Waals surface area contributed by atoms with E-state index in [9.17, 15) is 10.1 Å². The van der Waals surface area contributed by atoms with E-state index >= 15 is 0 Å². The first kappa shape index (κ1) is 17.4. The Hall–Kier alpha value is -2.47. The number of fused-ring (bicyclic) bond motifs is 1. The van der Waals surface area contributed by atoms with Gasteiger partial charge < -0.3 is 5.32 Å². The molecule has 1 saturated heterocycles. The second-order valence-corrected chi connectivity index (χ2v) is 6.89. The summed E-state index contributed by atoms with van der Waals surface area (Å²) in [5.41, 5.74) is 3.42. The molecule has 0 saturated carbocycles. The lowest BCUT2D eigenvalue weighted by atomic mass is 10.0. The van der Waals surface area contributed by atoms with Gasteiger partial charge in [0, 0.05) is 48.5 Å². The highest BCUT2D eigenvalue weighted by atomic mass is 16.6. The normalized spacial score (nSPS) is 16.1. The van der Waals surface area contributed by atoms with Gasteiger partial charge in [-0.15, -0.1) is 0 Å². The fraction of sp³-hybridized carbons (Fsp3) is 0.421. The zero-order chi connectivity index (χ0) is 18.0. The van der Waals surface area contributed by atoms with Crippen LogP contribution in [0.2, 0.25) is 0 Å². The zero-order valence-electron chi connectivity index (χ0n) is 14.8. The van der Waals surface area contributed by atoms with Gasteiger partial charge in [0.2, 0.25) is 0 Å². The Bertz CT molecular complexity index is 810. The number of nitro benzene ring substituents is 1. The van der Waals surface area contributed by atoms with E-state index in [2.05, 4.69) is 28.7 Å². The van der Waals surface area contributed by atoms with Crippen molar-refractivity contribution in [2.45, 2.75) is 32.7 Å². The van der Waals surface area contributed by atoms with Gasteiger partial charge in [0.05, 0.1) is 4.92 Å². The minimum absolute atomic E-state index is 0.0560. The van der Waals surface area contributed by atoms with E-state index in [1.807, 2.05) is 19.1 Å². The van der Waals surface area contributed by atoms with Gasteiger partial charge in [-0.1, -0.05) is 24.3 Å². The number of para-hydroxylation sites is 1. The smallest absolute Gasteiger partial charge is 0.295 e. The predicted molar refractivity (Wildman–Crippen MR) is 101 cm³/mol. The number of aryl methyl sites for hydroxylation is 1. The van der Waals surface area contributed by atoms with Gasteiger partial charge in [-0.25, -0.2) is 4.98 Å². The Morgan fingerprint density at radius 2 is 2.16 bits per heavy atom. The van der Waals surface area contributed by atoms with Crippen LogP contribution in [0.1, 0.15) is 25.5 Å². The van der Waals surface area contributed by atoms with Crippen molar-refractivity contribution in [2.24, 2.45) is 0 Å². The third-order valence-corrected chi connectivity index (χ3v) is 4.58. The molecule has 0 radical (unpaired) electrons. The van der Waals surface area contributed by atoms with Crippen LogP contribution in [-0.2, 0) is 0 Å². The van der Waals surface area contributed by atoms with Crippen molar-refractivity contribution < 1.29 is 4.92 Å². The number of piperidine rings is 1. The van der Waals surface area contributed by atoms with E-state index in [0.29, 0.717) is 11.6 Å². The van der Waals surface area contributed by atoms with Crippen molar-refractivity contribution in [1.82, 2.24) is 9.88 Å². The summed E-state index contributed by atoms with van der Waals surface area (Å²) in [7, 11) is 0. The molecule has 1 aliphatic rings. The van der Waals surface area contributed by atoms with Crippen molar-refractivity contribution in [2.75, 3.05) is 25.0 Å². The van der Waals surface area contributed by atoms with E-state index in [0.717, 1.165) is 49.2 Å². The maximum absolute atomic E-state index is 11.3. The second kappa shape index (κ2) is 7.19. The van der Waals surface area contributed by atoms with Crippen LogP contribution < -0.4 is 5.32 Å². The summed E-state index contributed by atoms with van der Waals surface area (Å²) in [5, 5.41) is 15.7. The highest BCUT2D eigenvalue weighted by molar-refractivity contribution is 5.96. The van der Waals surface area contributed by atoms with Crippen LogP contribution in [0.15, 0.2) is 36.4 Å². The standard InChI is InChI=1S/C19H24N4O2/c1-13(2)12-22-9-7-15(8-10-22)21-17-11-14(3)20-19-16(17)5-4-6-18(19)23(24)25/h4-6,11,15H,1,7-10,12H2,2-3H3,(H,20,21). The number of nitrogens with one attached hydrogen (secondary N) is 1. The highest BCUT2D eigenvalue weighted by Crippen LogP contribution is 2.31. The summed E-state index contributed by atoms with van der Waals surface area (Å²) in [6.45, 7) is 10.9. The maximum atomic E-state index is 11.3. The van der Waals surface area contributed by atoms with Gasteiger partial charge in [0.1, 0.15) is 0 Å². The minimum atomic E-state index is -0.366. The number of likely N-dealkylation sites (tertiary alicyclic amines) is 1. The molecule has 1 aromatic heterocycles. The Morgan fingerprint density at radius 1 is 1.44 bits per heavy atom. The first-order chi connectivity index (χ1) is 11.9. The molecule has 1 aliphatic heterocycles. The SMILES string of the molecule is C=C(C)CN1CCC(Nc2cc(C)nc3c([N+](=O)[O-])cccc23)CC1. The molecule has 132 valence electrons. The average Bonchev–Trinajstić information content (AvgIpc) is 2.55. The third-order valence-electron chi connectivity index (χ3n) is 4.58. The average molecular weight is 340 g/mol. The van der Waals surface area contributed by atoms with Crippen LogP contribution in [-0.4, -0.2) is 40.5 Å². The lowest BCUT2D eigenvalue weighted by Crippen LogP contribution is -2.39. The molecule has 0 aliphatic carbocycles. The molecule has 0 atom stereocenters. The molecule has 1 fully saturated rings. The highest BCUT2D eigenvalue weighted by Gasteiger charge is 2.21. The van der Waals surface area contributed by atoms with Crippen molar-refractivity contribution >= 4 is 22.3 Å². The Balaban J connectivity index is 1.82. The largest absolute Gasteiger partial charge is 0.382 e. The third kappa shape index (κ3) is 3.96. The van der Waals surface area contributed by atoms with Crippen LogP contribution in [0.5, 0.6) is 0 Å². The monoisotopic (exact) mass is 340 g/mol. The van der Waals surface area contributed by atoms with Gasteiger partial charge in [0.15, 0.2) is 5.52 Å². The number of aromatic nitrogens is 1. The molecule has 0 unspecified atom stereocenters. The van der Waals surface area contributed by atoms with Crippen molar-refractivity contribution in [3.8, 4) is 0 Å². The van der Waals surface area contributed by atoms with Gasteiger partial charge in [-0.3, -0.25) is 15.0 Å².